The van der Waals surface area contributed by atoms with Crippen molar-refractivity contribution in [3.05, 3.63) is 0 Å². The number of carbonyl (C=O) groups is 1. The molecule has 0 radical (unpaired) electrons. The van der Waals surface area contributed by atoms with E-state index >= 15 is 0 Å². The van der Waals surface area contributed by atoms with Crippen LogP contribution in [0.25, 0.3) is 0 Å². The number of rotatable bonds is 3. The number of hydrogen-bond acceptors (Lipinski definition) is 1. The number of hydrogen-bond donors (Lipinski definition) is 1. The highest BCUT2D eigenvalue weighted by Crippen LogP contribution is 2.47. The predicted octanol–water partition coefficient (Wildman–Crippen LogP) is 3.07. The van der Waals surface area contributed by atoms with Gasteiger partial charge in [-0.05, 0) is 24.7 Å². The third-order valence-corrected chi connectivity index (χ3v) is 3.32. The second-order valence-corrected chi connectivity index (χ2v) is 4.28. The second-order valence-electron chi connectivity index (χ2n) is 4.28. The van der Waals surface area contributed by atoms with Gasteiger partial charge in [0, 0.05) is 12.8 Å². The topological polar surface area (TPSA) is 37.3 Å². The zero-order valence-corrected chi connectivity index (χ0v) is 8.35. The summed E-state index contributed by atoms with van der Waals surface area (Å²) in [4.78, 5) is 10.6. The quantitative estimate of drug-likeness (QED) is 0.770. The lowest BCUT2D eigenvalue weighted by molar-refractivity contribution is -0.143. The largest absolute Gasteiger partial charge is 0.481 e. The van der Waals surface area contributed by atoms with Gasteiger partial charge >= 0.3 is 5.97 Å². The normalized spacial score (nSPS) is 24.5. The van der Waals surface area contributed by atoms with E-state index in [1.807, 2.05) is 6.92 Å². The van der Waals surface area contributed by atoms with E-state index in [0.29, 0.717) is 19.3 Å². The van der Waals surface area contributed by atoms with E-state index in [9.17, 15) is 13.6 Å². The Bertz CT molecular complexity index is 216. The minimum absolute atomic E-state index is 0.0274. The van der Waals surface area contributed by atoms with E-state index < -0.39 is 11.9 Å². The Morgan fingerprint density at radius 3 is 2.14 bits per heavy atom. The van der Waals surface area contributed by atoms with Crippen molar-refractivity contribution in [2.75, 3.05) is 0 Å². The number of alkyl halides is 2. The number of aliphatic carboxylic acids is 1. The Labute approximate surface area is 82.3 Å². The first-order valence-electron chi connectivity index (χ1n) is 4.99. The molecule has 1 fully saturated rings. The van der Waals surface area contributed by atoms with E-state index in [-0.39, 0.29) is 24.7 Å². The van der Waals surface area contributed by atoms with Gasteiger partial charge in [-0.2, -0.15) is 0 Å². The molecule has 0 atom stereocenters. The maximum atomic E-state index is 12.9. The molecular formula is C10H16F2O2. The molecule has 0 heterocycles. The van der Waals surface area contributed by atoms with Gasteiger partial charge in [0.1, 0.15) is 0 Å². The first-order valence-corrected chi connectivity index (χ1v) is 4.99. The summed E-state index contributed by atoms with van der Waals surface area (Å²) >= 11 is 0. The van der Waals surface area contributed by atoms with Crippen LogP contribution in [0.15, 0.2) is 0 Å². The molecular weight excluding hydrogens is 190 g/mol. The molecule has 0 spiro atoms. The molecule has 0 aliphatic heterocycles. The van der Waals surface area contributed by atoms with Gasteiger partial charge in [-0.25, -0.2) is 8.78 Å². The molecule has 1 N–H and O–H groups in total. The number of carboxylic acid groups (broad SMARTS) is 1. The highest BCUT2D eigenvalue weighted by Gasteiger charge is 2.43. The summed E-state index contributed by atoms with van der Waals surface area (Å²) < 4.78 is 25.7. The van der Waals surface area contributed by atoms with Crippen LogP contribution in [-0.2, 0) is 4.79 Å². The Kier molecular flexibility index (Phi) is 3.12. The SMILES string of the molecule is CCC1(CC(=O)O)CCC(F)(F)CC1. The van der Waals surface area contributed by atoms with E-state index in [2.05, 4.69) is 0 Å². The van der Waals surface area contributed by atoms with Crippen LogP contribution in [0.2, 0.25) is 0 Å². The van der Waals surface area contributed by atoms with Crippen LogP contribution in [0.1, 0.15) is 45.4 Å². The Morgan fingerprint density at radius 2 is 1.79 bits per heavy atom. The van der Waals surface area contributed by atoms with E-state index in [0.717, 1.165) is 0 Å². The van der Waals surface area contributed by atoms with Crippen molar-refractivity contribution in [2.24, 2.45) is 5.41 Å². The van der Waals surface area contributed by atoms with Gasteiger partial charge in [0.25, 0.3) is 0 Å². The zero-order chi connectivity index (χ0) is 10.8. The molecule has 0 amide bonds. The molecule has 82 valence electrons. The lowest BCUT2D eigenvalue weighted by Gasteiger charge is -2.38. The summed E-state index contributed by atoms with van der Waals surface area (Å²) in [5.74, 6) is -3.45. The Balaban J connectivity index is 2.61. The van der Waals surface area contributed by atoms with Crippen molar-refractivity contribution >= 4 is 5.97 Å². The van der Waals surface area contributed by atoms with Gasteiger partial charge in [0.2, 0.25) is 5.92 Å². The van der Waals surface area contributed by atoms with Gasteiger partial charge in [-0.1, -0.05) is 6.92 Å². The monoisotopic (exact) mass is 206 g/mol. The molecule has 0 saturated heterocycles. The number of carboxylic acids is 1. The van der Waals surface area contributed by atoms with Crippen LogP contribution < -0.4 is 0 Å². The van der Waals surface area contributed by atoms with Crippen molar-refractivity contribution < 1.29 is 18.7 Å². The van der Waals surface area contributed by atoms with Gasteiger partial charge < -0.3 is 5.11 Å². The van der Waals surface area contributed by atoms with Gasteiger partial charge in [-0.3, -0.25) is 4.79 Å². The van der Waals surface area contributed by atoms with Gasteiger partial charge in [-0.15, -0.1) is 0 Å². The van der Waals surface area contributed by atoms with Crippen molar-refractivity contribution in [1.82, 2.24) is 0 Å². The van der Waals surface area contributed by atoms with Crippen LogP contribution in [0.3, 0.4) is 0 Å². The first kappa shape index (κ1) is 11.4. The fraction of sp³-hybridized carbons (Fsp3) is 0.900. The summed E-state index contributed by atoms with van der Waals surface area (Å²) in [5.41, 5.74) is -0.381. The summed E-state index contributed by atoms with van der Waals surface area (Å²) in [6.07, 6.45) is 1.06. The molecule has 1 saturated carbocycles. The third-order valence-electron chi connectivity index (χ3n) is 3.32. The van der Waals surface area contributed by atoms with Crippen molar-refractivity contribution in [3.63, 3.8) is 0 Å². The third kappa shape index (κ3) is 2.66. The molecule has 1 rings (SSSR count). The molecule has 0 aromatic rings. The van der Waals surface area contributed by atoms with Crippen LogP contribution in [0.5, 0.6) is 0 Å². The highest BCUT2D eigenvalue weighted by molar-refractivity contribution is 5.67. The Hall–Kier alpha value is -0.670. The molecule has 1 aliphatic carbocycles. The maximum Gasteiger partial charge on any atom is 0.303 e. The standard InChI is InChI=1S/C10H16F2O2/c1-2-9(7-8(13)14)3-5-10(11,12)6-4-9/h2-7H2,1H3,(H,13,14). The van der Waals surface area contributed by atoms with Crippen LogP contribution >= 0.6 is 0 Å². The lowest BCUT2D eigenvalue weighted by Crippen LogP contribution is -2.34. The average Bonchev–Trinajstić information content (AvgIpc) is 2.09. The zero-order valence-electron chi connectivity index (χ0n) is 8.35. The van der Waals surface area contributed by atoms with E-state index in [4.69, 9.17) is 5.11 Å². The molecule has 0 aromatic heterocycles. The first-order chi connectivity index (χ1) is 6.39. The fourth-order valence-electron chi connectivity index (χ4n) is 2.12. The smallest absolute Gasteiger partial charge is 0.303 e. The molecule has 1 aliphatic rings. The van der Waals surface area contributed by atoms with Gasteiger partial charge in [0.05, 0.1) is 6.42 Å². The van der Waals surface area contributed by atoms with Gasteiger partial charge in [0.15, 0.2) is 0 Å². The van der Waals surface area contributed by atoms with Crippen LogP contribution in [-0.4, -0.2) is 17.0 Å². The minimum atomic E-state index is -2.57. The molecule has 4 heteroatoms. The molecule has 0 unspecified atom stereocenters. The van der Waals surface area contributed by atoms with Crippen molar-refractivity contribution in [2.45, 2.75) is 51.4 Å². The minimum Gasteiger partial charge on any atom is -0.481 e. The van der Waals surface area contributed by atoms with Crippen LogP contribution in [0.4, 0.5) is 8.78 Å². The average molecular weight is 206 g/mol. The summed E-state index contributed by atoms with van der Waals surface area (Å²) in [5, 5.41) is 8.70. The maximum absolute atomic E-state index is 12.9. The lowest BCUT2D eigenvalue weighted by atomic mass is 9.69. The van der Waals surface area contributed by atoms with E-state index in [1.165, 1.54) is 0 Å². The summed E-state index contributed by atoms with van der Waals surface area (Å²) in [6, 6.07) is 0. The van der Waals surface area contributed by atoms with Crippen molar-refractivity contribution in [1.29, 1.82) is 0 Å². The number of halogens is 2. The highest BCUT2D eigenvalue weighted by atomic mass is 19.3. The molecule has 0 bridgehead atoms. The van der Waals surface area contributed by atoms with E-state index in [1.54, 1.807) is 0 Å². The van der Waals surface area contributed by atoms with Crippen molar-refractivity contribution in [3.8, 4) is 0 Å². The van der Waals surface area contributed by atoms with Crippen LogP contribution in [0, 0.1) is 5.41 Å². The molecule has 0 aromatic carbocycles. The summed E-state index contributed by atoms with van der Waals surface area (Å²) in [6.45, 7) is 1.88. The molecule has 2 nitrogen and oxygen atoms in total. The second kappa shape index (κ2) is 3.83. The summed E-state index contributed by atoms with van der Waals surface area (Å²) in [7, 11) is 0. The molecule has 14 heavy (non-hydrogen) atoms. The fourth-order valence-corrected chi connectivity index (χ4v) is 2.12. The Morgan fingerprint density at radius 1 is 1.29 bits per heavy atom. The predicted molar refractivity (Wildman–Crippen MR) is 48.4 cm³/mol.